The second-order valence-electron chi connectivity index (χ2n) is 2.12. The Hall–Kier alpha value is -0.0700. The molecule has 0 bridgehead atoms. The average Bonchev–Trinajstić information content (AvgIpc) is 1.95. The number of aryl methyl sites for hydroxylation is 1. The average molecular weight is 235 g/mol. The molecule has 0 spiro atoms. The smallest absolute Gasteiger partial charge is 0.119 e. The zero-order valence-electron chi connectivity index (χ0n) is 6.41. The third-order valence-electron chi connectivity index (χ3n) is 1.27. The van der Waals surface area contributed by atoms with E-state index >= 15 is 0 Å². The largest absolute Gasteiger partial charge is 0.490 e. The molecule has 0 aromatic heterocycles. The van der Waals surface area contributed by atoms with Gasteiger partial charge in [-0.25, -0.2) is 0 Å². The van der Waals surface area contributed by atoms with Gasteiger partial charge in [-0.05, 0) is 19.1 Å². The first-order valence-electron chi connectivity index (χ1n) is 3.22. The van der Waals surface area contributed by atoms with Crippen molar-refractivity contribution in [2.24, 2.45) is 0 Å². The van der Waals surface area contributed by atoms with Gasteiger partial charge in [0.1, 0.15) is 12.1 Å². The van der Waals surface area contributed by atoms with Gasteiger partial charge in [0.25, 0.3) is 0 Å². The summed E-state index contributed by atoms with van der Waals surface area (Å²) in [5, 5.41) is 0. The summed E-state index contributed by atoms with van der Waals surface area (Å²) in [7, 11) is 2.52. The van der Waals surface area contributed by atoms with E-state index in [9.17, 15) is 0 Å². The van der Waals surface area contributed by atoms with Crippen molar-refractivity contribution in [3.05, 3.63) is 29.8 Å². The van der Waals surface area contributed by atoms with E-state index in [0.29, 0.717) is 6.35 Å². The van der Waals surface area contributed by atoms with E-state index in [1.165, 1.54) is 5.56 Å². The molecule has 0 radical (unpaired) electrons. The van der Waals surface area contributed by atoms with E-state index < -0.39 is 0 Å². The van der Waals surface area contributed by atoms with Crippen LogP contribution in [-0.4, -0.2) is 6.35 Å². The number of ether oxygens (including phenoxy) is 1. The number of benzene rings is 1. The Morgan fingerprint density at radius 2 is 1.82 bits per heavy atom. The molecule has 0 amide bonds. The third kappa shape index (κ3) is 3.74. The Labute approximate surface area is 80.1 Å². The molecule has 1 rings (SSSR count). The minimum absolute atomic E-state index is 0. The van der Waals surface area contributed by atoms with E-state index in [2.05, 4.69) is 16.2 Å². The standard InChI is InChI=1S/C8H11OP.BrH/c1-7-2-4-8(5-3-7)9-6-10;/h2-5H,6,10H2,1H3;1H. The van der Waals surface area contributed by atoms with Crippen LogP contribution in [0.5, 0.6) is 5.75 Å². The molecule has 0 aliphatic rings. The quantitative estimate of drug-likeness (QED) is 0.716. The zero-order valence-corrected chi connectivity index (χ0v) is 9.28. The molecule has 1 aromatic carbocycles. The fraction of sp³-hybridized carbons (Fsp3) is 0.250. The van der Waals surface area contributed by atoms with Gasteiger partial charge in [-0.3, -0.25) is 0 Å². The van der Waals surface area contributed by atoms with Crippen LogP contribution in [0.15, 0.2) is 24.3 Å². The topological polar surface area (TPSA) is 9.23 Å². The molecule has 0 fully saturated rings. The van der Waals surface area contributed by atoms with Crippen molar-refractivity contribution in [2.75, 3.05) is 6.35 Å². The first-order valence-corrected chi connectivity index (χ1v) is 4.04. The Kier molecular flexibility index (Phi) is 5.53. The van der Waals surface area contributed by atoms with Crippen molar-refractivity contribution < 1.29 is 4.74 Å². The van der Waals surface area contributed by atoms with Gasteiger partial charge in [0.2, 0.25) is 0 Å². The van der Waals surface area contributed by atoms with Crippen LogP contribution in [0.4, 0.5) is 0 Å². The van der Waals surface area contributed by atoms with E-state index in [-0.39, 0.29) is 17.0 Å². The first-order chi connectivity index (χ1) is 4.83. The van der Waals surface area contributed by atoms with Crippen LogP contribution in [-0.2, 0) is 0 Å². The third-order valence-corrected chi connectivity index (χ3v) is 1.44. The summed E-state index contributed by atoms with van der Waals surface area (Å²) in [6.45, 7) is 2.06. The van der Waals surface area contributed by atoms with Gasteiger partial charge in [-0.1, -0.05) is 26.9 Å². The molecule has 0 saturated carbocycles. The predicted molar refractivity (Wildman–Crippen MR) is 56.7 cm³/mol. The highest BCUT2D eigenvalue weighted by molar-refractivity contribution is 8.93. The van der Waals surface area contributed by atoms with Crippen LogP contribution in [0.1, 0.15) is 5.56 Å². The number of halogens is 1. The molecule has 0 aliphatic heterocycles. The van der Waals surface area contributed by atoms with Gasteiger partial charge in [0.15, 0.2) is 0 Å². The maximum atomic E-state index is 5.22. The summed E-state index contributed by atoms with van der Waals surface area (Å²) < 4.78 is 5.22. The second-order valence-corrected chi connectivity index (χ2v) is 2.46. The van der Waals surface area contributed by atoms with Crippen molar-refractivity contribution >= 4 is 26.2 Å². The SMILES string of the molecule is Br.Cc1ccc(OCP)cc1. The molecule has 0 aliphatic carbocycles. The fourth-order valence-electron chi connectivity index (χ4n) is 0.731. The summed E-state index contributed by atoms with van der Waals surface area (Å²) in [6.07, 6.45) is 0.656. The Morgan fingerprint density at radius 1 is 1.27 bits per heavy atom. The van der Waals surface area contributed by atoms with Crippen molar-refractivity contribution in [2.45, 2.75) is 6.92 Å². The molecule has 1 atom stereocenters. The minimum Gasteiger partial charge on any atom is -0.490 e. The van der Waals surface area contributed by atoms with E-state index in [1.807, 2.05) is 24.3 Å². The molecular weight excluding hydrogens is 223 g/mol. The number of rotatable bonds is 2. The molecule has 0 saturated heterocycles. The van der Waals surface area contributed by atoms with Crippen LogP contribution in [0.2, 0.25) is 0 Å². The lowest BCUT2D eigenvalue weighted by molar-refractivity contribution is 0.392. The molecule has 11 heavy (non-hydrogen) atoms. The van der Waals surface area contributed by atoms with Gasteiger partial charge in [0.05, 0.1) is 0 Å². The highest BCUT2D eigenvalue weighted by atomic mass is 79.9. The summed E-state index contributed by atoms with van der Waals surface area (Å²) >= 11 is 0. The van der Waals surface area contributed by atoms with Crippen molar-refractivity contribution in [1.29, 1.82) is 0 Å². The van der Waals surface area contributed by atoms with Gasteiger partial charge in [-0.2, -0.15) is 0 Å². The maximum Gasteiger partial charge on any atom is 0.119 e. The van der Waals surface area contributed by atoms with Crippen LogP contribution in [0.25, 0.3) is 0 Å². The van der Waals surface area contributed by atoms with E-state index in [4.69, 9.17) is 4.74 Å². The van der Waals surface area contributed by atoms with Crippen LogP contribution in [0, 0.1) is 6.92 Å². The van der Waals surface area contributed by atoms with Gasteiger partial charge in [0, 0.05) is 0 Å². The monoisotopic (exact) mass is 234 g/mol. The first kappa shape index (κ1) is 10.9. The fourth-order valence-corrected chi connectivity index (χ4v) is 0.923. The second kappa shape index (κ2) is 5.56. The van der Waals surface area contributed by atoms with Crippen molar-refractivity contribution in [1.82, 2.24) is 0 Å². The van der Waals surface area contributed by atoms with Gasteiger partial charge >= 0.3 is 0 Å². The lowest BCUT2D eigenvalue weighted by atomic mass is 10.2. The van der Waals surface area contributed by atoms with Gasteiger partial charge in [-0.15, -0.1) is 17.0 Å². The molecule has 1 nitrogen and oxygen atoms in total. The lowest BCUT2D eigenvalue weighted by Crippen LogP contribution is -1.87. The molecule has 0 heterocycles. The Balaban J connectivity index is 0.000001000. The normalized spacial score (nSPS) is 8.55. The number of hydrogen-bond donors (Lipinski definition) is 0. The molecular formula is C8H12BrOP. The van der Waals surface area contributed by atoms with Gasteiger partial charge < -0.3 is 4.74 Å². The van der Waals surface area contributed by atoms with E-state index in [0.717, 1.165) is 5.75 Å². The summed E-state index contributed by atoms with van der Waals surface area (Å²) in [4.78, 5) is 0. The predicted octanol–water partition coefficient (Wildman–Crippen LogP) is 2.78. The molecule has 62 valence electrons. The molecule has 1 unspecified atom stereocenters. The summed E-state index contributed by atoms with van der Waals surface area (Å²) in [5.41, 5.74) is 1.26. The van der Waals surface area contributed by atoms with Crippen molar-refractivity contribution in [3.8, 4) is 5.75 Å². The van der Waals surface area contributed by atoms with E-state index in [1.54, 1.807) is 0 Å². The highest BCUT2D eigenvalue weighted by Gasteiger charge is 1.87. The molecule has 1 aromatic rings. The number of hydrogen-bond acceptors (Lipinski definition) is 1. The Morgan fingerprint density at radius 3 is 2.27 bits per heavy atom. The van der Waals surface area contributed by atoms with Crippen LogP contribution < -0.4 is 4.74 Å². The minimum atomic E-state index is 0. The lowest BCUT2D eigenvalue weighted by Gasteiger charge is -2.01. The Bertz CT molecular complexity index is 198. The molecule has 3 heteroatoms. The summed E-state index contributed by atoms with van der Waals surface area (Å²) in [6, 6.07) is 8.02. The molecule has 0 N–H and O–H groups in total. The highest BCUT2D eigenvalue weighted by Crippen LogP contribution is 2.11. The van der Waals surface area contributed by atoms with Crippen molar-refractivity contribution in [3.63, 3.8) is 0 Å². The van der Waals surface area contributed by atoms with Crippen LogP contribution in [0.3, 0.4) is 0 Å². The zero-order chi connectivity index (χ0) is 7.40. The van der Waals surface area contributed by atoms with Crippen LogP contribution >= 0.6 is 26.2 Å². The summed E-state index contributed by atoms with van der Waals surface area (Å²) in [5.74, 6) is 0.931. The maximum absolute atomic E-state index is 5.22.